The second-order valence-electron chi connectivity index (χ2n) is 6.42. The topological polar surface area (TPSA) is 61.6 Å². The Balaban J connectivity index is 1.54. The minimum Gasteiger partial charge on any atom is -0.369 e. The zero-order chi connectivity index (χ0) is 17.2. The fraction of sp³-hybridized carbons (Fsp3) is 0.389. The van der Waals surface area contributed by atoms with Gasteiger partial charge in [-0.15, -0.1) is 0 Å². The molecule has 7 nitrogen and oxygen atoms in total. The molecule has 3 aromatic rings. The van der Waals surface area contributed by atoms with Crippen LogP contribution in [-0.4, -0.2) is 57.7 Å². The van der Waals surface area contributed by atoms with E-state index in [4.69, 9.17) is 0 Å². The van der Waals surface area contributed by atoms with Crippen LogP contribution in [0.2, 0.25) is 0 Å². The standard InChI is InChI=1S/C18H23N7/c1-3-14-12-17(25-18(22-14)19-13-20-25)21-15-4-6-16(7-5-15)24-10-8-23(2)9-11-24/h4-7,12-13,21H,3,8-11H2,1-2H3. The first kappa shape index (κ1) is 15.8. The SMILES string of the molecule is CCc1cc(Nc2ccc(N3CCN(C)CC3)cc2)n2ncnc2n1. The minimum absolute atomic E-state index is 0.621. The molecule has 0 radical (unpaired) electrons. The number of aryl methyl sites for hydroxylation is 1. The van der Waals surface area contributed by atoms with Crippen molar-refractivity contribution in [2.75, 3.05) is 43.4 Å². The van der Waals surface area contributed by atoms with E-state index in [1.54, 1.807) is 4.52 Å². The predicted molar refractivity (Wildman–Crippen MR) is 99.6 cm³/mol. The van der Waals surface area contributed by atoms with Crippen molar-refractivity contribution in [3.05, 3.63) is 42.4 Å². The van der Waals surface area contributed by atoms with E-state index in [1.807, 2.05) is 6.07 Å². The summed E-state index contributed by atoms with van der Waals surface area (Å²) in [6, 6.07) is 10.6. The van der Waals surface area contributed by atoms with Gasteiger partial charge in [0.15, 0.2) is 0 Å². The lowest BCUT2D eigenvalue weighted by atomic mass is 10.2. The summed E-state index contributed by atoms with van der Waals surface area (Å²) >= 11 is 0. The molecular formula is C18H23N7. The first-order chi connectivity index (χ1) is 12.2. The smallest absolute Gasteiger partial charge is 0.254 e. The maximum atomic E-state index is 4.48. The summed E-state index contributed by atoms with van der Waals surface area (Å²) in [4.78, 5) is 13.5. The quantitative estimate of drug-likeness (QED) is 0.787. The number of piperazine rings is 1. The highest BCUT2D eigenvalue weighted by atomic mass is 15.4. The van der Waals surface area contributed by atoms with Crippen molar-refractivity contribution in [1.29, 1.82) is 0 Å². The van der Waals surface area contributed by atoms with Gasteiger partial charge in [0.05, 0.1) is 0 Å². The van der Waals surface area contributed by atoms with E-state index in [1.165, 1.54) is 12.0 Å². The number of rotatable bonds is 4. The lowest BCUT2D eigenvalue weighted by Crippen LogP contribution is -2.44. The van der Waals surface area contributed by atoms with Gasteiger partial charge in [-0.3, -0.25) is 0 Å². The molecule has 1 saturated heterocycles. The highest BCUT2D eigenvalue weighted by molar-refractivity contribution is 5.62. The van der Waals surface area contributed by atoms with Crippen LogP contribution in [0, 0.1) is 0 Å². The first-order valence-corrected chi connectivity index (χ1v) is 8.73. The molecule has 0 saturated carbocycles. The maximum absolute atomic E-state index is 4.48. The van der Waals surface area contributed by atoms with E-state index in [2.05, 4.69) is 68.4 Å². The Hall–Kier alpha value is -2.67. The molecule has 1 aromatic carbocycles. The number of anilines is 3. The molecule has 25 heavy (non-hydrogen) atoms. The molecule has 4 rings (SSSR count). The third-order valence-electron chi connectivity index (χ3n) is 4.68. The third kappa shape index (κ3) is 3.28. The summed E-state index contributed by atoms with van der Waals surface area (Å²) in [6.07, 6.45) is 2.39. The molecule has 1 aliphatic rings. The van der Waals surface area contributed by atoms with Crippen molar-refractivity contribution in [2.45, 2.75) is 13.3 Å². The molecular weight excluding hydrogens is 314 g/mol. The zero-order valence-electron chi connectivity index (χ0n) is 14.7. The van der Waals surface area contributed by atoms with Crippen molar-refractivity contribution in [3.8, 4) is 0 Å². The summed E-state index contributed by atoms with van der Waals surface area (Å²) in [5, 5.41) is 7.69. The molecule has 2 aromatic heterocycles. The van der Waals surface area contributed by atoms with E-state index in [0.717, 1.165) is 49.8 Å². The largest absolute Gasteiger partial charge is 0.369 e. The Morgan fingerprint density at radius 3 is 2.56 bits per heavy atom. The van der Waals surface area contributed by atoms with Gasteiger partial charge in [-0.2, -0.15) is 14.6 Å². The molecule has 0 unspecified atom stereocenters. The number of nitrogens with one attached hydrogen (secondary N) is 1. The molecule has 7 heteroatoms. The predicted octanol–water partition coefficient (Wildman–Crippen LogP) is 2.18. The van der Waals surface area contributed by atoms with Gasteiger partial charge in [-0.1, -0.05) is 6.92 Å². The molecule has 130 valence electrons. The van der Waals surface area contributed by atoms with E-state index in [9.17, 15) is 0 Å². The highest BCUT2D eigenvalue weighted by Crippen LogP contribution is 2.22. The van der Waals surface area contributed by atoms with Gasteiger partial charge in [0.1, 0.15) is 12.1 Å². The molecule has 0 aliphatic carbocycles. The second-order valence-corrected chi connectivity index (χ2v) is 6.42. The molecule has 0 amide bonds. The van der Waals surface area contributed by atoms with Gasteiger partial charge in [-0.05, 0) is 37.7 Å². The Morgan fingerprint density at radius 2 is 1.84 bits per heavy atom. The van der Waals surface area contributed by atoms with Crippen molar-refractivity contribution in [1.82, 2.24) is 24.5 Å². The number of nitrogens with zero attached hydrogens (tertiary/aromatic N) is 6. The van der Waals surface area contributed by atoms with Crippen LogP contribution in [-0.2, 0) is 6.42 Å². The number of hydrogen-bond donors (Lipinski definition) is 1. The van der Waals surface area contributed by atoms with Crippen LogP contribution in [0.4, 0.5) is 17.2 Å². The summed E-state index contributed by atoms with van der Waals surface area (Å²) in [5.74, 6) is 1.50. The molecule has 3 heterocycles. The average molecular weight is 337 g/mol. The van der Waals surface area contributed by atoms with Crippen molar-refractivity contribution in [3.63, 3.8) is 0 Å². The number of benzene rings is 1. The Kier molecular flexibility index (Phi) is 4.23. The molecule has 0 bridgehead atoms. The van der Waals surface area contributed by atoms with Crippen LogP contribution in [0.15, 0.2) is 36.7 Å². The molecule has 0 atom stereocenters. The molecule has 1 fully saturated rings. The number of hydrogen-bond acceptors (Lipinski definition) is 6. The fourth-order valence-corrected chi connectivity index (χ4v) is 3.10. The molecule has 0 spiro atoms. The van der Waals surface area contributed by atoms with Crippen LogP contribution in [0.3, 0.4) is 0 Å². The molecule has 1 N–H and O–H groups in total. The number of aromatic nitrogens is 4. The van der Waals surface area contributed by atoms with E-state index in [-0.39, 0.29) is 0 Å². The Bertz CT molecular complexity index is 847. The Morgan fingerprint density at radius 1 is 1.08 bits per heavy atom. The van der Waals surface area contributed by atoms with Gasteiger partial charge >= 0.3 is 0 Å². The monoisotopic (exact) mass is 337 g/mol. The van der Waals surface area contributed by atoms with E-state index >= 15 is 0 Å². The number of fused-ring (bicyclic) bond motifs is 1. The van der Waals surface area contributed by atoms with Crippen LogP contribution in [0.1, 0.15) is 12.6 Å². The van der Waals surface area contributed by atoms with Crippen LogP contribution in [0.25, 0.3) is 5.78 Å². The molecule has 1 aliphatic heterocycles. The van der Waals surface area contributed by atoms with Gasteiger partial charge in [0, 0.05) is 49.3 Å². The second kappa shape index (κ2) is 6.68. The van der Waals surface area contributed by atoms with Crippen LogP contribution < -0.4 is 10.2 Å². The lowest BCUT2D eigenvalue weighted by molar-refractivity contribution is 0.313. The summed E-state index contributed by atoms with van der Waals surface area (Å²) in [5.41, 5.74) is 3.30. The van der Waals surface area contributed by atoms with Crippen molar-refractivity contribution in [2.24, 2.45) is 0 Å². The highest BCUT2D eigenvalue weighted by Gasteiger charge is 2.14. The van der Waals surface area contributed by atoms with Gasteiger partial charge in [-0.25, -0.2) is 4.98 Å². The van der Waals surface area contributed by atoms with E-state index in [0.29, 0.717) is 5.78 Å². The normalized spacial score (nSPS) is 15.7. The van der Waals surface area contributed by atoms with Crippen LogP contribution in [0.5, 0.6) is 0 Å². The Labute approximate surface area is 147 Å². The van der Waals surface area contributed by atoms with Gasteiger partial charge in [0.25, 0.3) is 5.78 Å². The minimum atomic E-state index is 0.621. The van der Waals surface area contributed by atoms with Gasteiger partial charge in [0.2, 0.25) is 0 Å². The van der Waals surface area contributed by atoms with Crippen LogP contribution >= 0.6 is 0 Å². The maximum Gasteiger partial charge on any atom is 0.254 e. The van der Waals surface area contributed by atoms with Gasteiger partial charge < -0.3 is 15.1 Å². The van der Waals surface area contributed by atoms with Crippen molar-refractivity contribution >= 4 is 23.0 Å². The third-order valence-corrected chi connectivity index (χ3v) is 4.68. The van der Waals surface area contributed by atoms with Crippen molar-refractivity contribution < 1.29 is 0 Å². The summed E-state index contributed by atoms with van der Waals surface area (Å²) < 4.78 is 1.73. The average Bonchev–Trinajstić information content (AvgIpc) is 3.12. The summed E-state index contributed by atoms with van der Waals surface area (Å²) in [6.45, 7) is 6.46. The first-order valence-electron chi connectivity index (χ1n) is 8.73. The zero-order valence-corrected chi connectivity index (χ0v) is 14.7. The summed E-state index contributed by atoms with van der Waals surface area (Å²) in [7, 11) is 2.18. The fourth-order valence-electron chi connectivity index (χ4n) is 3.10. The van der Waals surface area contributed by atoms with E-state index < -0.39 is 0 Å². The number of likely N-dealkylation sites (N-methyl/N-ethyl adjacent to an activating group) is 1. The lowest BCUT2D eigenvalue weighted by Gasteiger charge is -2.34.